The van der Waals surface area contributed by atoms with Crippen LogP contribution in [0.1, 0.15) is 0 Å². The van der Waals surface area contributed by atoms with Crippen LogP contribution in [0.5, 0.6) is 0 Å². The summed E-state index contributed by atoms with van der Waals surface area (Å²) in [5.74, 6) is 0. The molecule has 0 aromatic heterocycles. The van der Waals surface area contributed by atoms with Crippen molar-refractivity contribution in [1.82, 2.24) is 0 Å². The molecular weight excluding hydrogens is 312 g/mol. The molecule has 0 heteroatoms. The van der Waals surface area contributed by atoms with Crippen molar-refractivity contribution < 1.29 is 0 Å². The predicted octanol–water partition coefficient (Wildman–Crippen LogP) is 7.31. The lowest BCUT2D eigenvalue weighted by Crippen LogP contribution is -1.82. The predicted molar refractivity (Wildman–Crippen MR) is 111 cm³/mol. The first-order valence-corrected chi connectivity index (χ1v) is 9.05. The normalized spacial score (nSPS) is 11.8. The minimum Gasteiger partial charge on any atom is -0.0622 e. The van der Waals surface area contributed by atoms with Crippen LogP contribution in [0.15, 0.2) is 97.1 Å². The van der Waals surface area contributed by atoms with E-state index < -0.39 is 0 Å². The van der Waals surface area contributed by atoms with Gasteiger partial charge in [0.1, 0.15) is 0 Å². The van der Waals surface area contributed by atoms with Crippen LogP contribution in [-0.4, -0.2) is 0 Å². The summed E-state index contributed by atoms with van der Waals surface area (Å²) >= 11 is 0. The first-order valence-electron chi connectivity index (χ1n) is 9.05. The summed E-state index contributed by atoms with van der Waals surface area (Å²) in [4.78, 5) is 0. The fourth-order valence-corrected chi connectivity index (χ4v) is 4.43. The van der Waals surface area contributed by atoms with Gasteiger partial charge in [0.25, 0.3) is 0 Å². The van der Waals surface area contributed by atoms with Crippen molar-refractivity contribution in [3.63, 3.8) is 0 Å². The van der Waals surface area contributed by atoms with Crippen LogP contribution in [0.3, 0.4) is 0 Å². The number of hydrogen-bond acceptors (Lipinski definition) is 0. The van der Waals surface area contributed by atoms with E-state index in [9.17, 15) is 0 Å². The van der Waals surface area contributed by atoms with Crippen molar-refractivity contribution >= 4 is 21.5 Å². The SMILES string of the molecule is c1ccc(-c2cc3c4c(cccc4c2)-c2c-3ccc3ccccc23)cc1. The van der Waals surface area contributed by atoms with Crippen LogP contribution in [0.4, 0.5) is 0 Å². The van der Waals surface area contributed by atoms with Crippen LogP contribution < -0.4 is 0 Å². The molecule has 0 heterocycles. The maximum atomic E-state index is 2.36. The highest BCUT2D eigenvalue weighted by Crippen LogP contribution is 2.51. The molecule has 5 aromatic rings. The van der Waals surface area contributed by atoms with Gasteiger partial charge in [-0.2, -0.15) is 0 Å². The summed E-state index contributed by atoms with van der Waals surface area (Å²) in [6.07, 6.45) is 0. The molecule has 120 valence electrons. The molecule has 0 saturated carbocycles. The van der Waals surface area contributed by atoms with Crippen molar-refractivity contribution in [3.8, 4) is 33.4 Å². The Kier molecular flexibility index (Phi) is 2.70. The zero-order valence-corrected chi connectivity index (χ0v) is 14.2. The fourth-order valence-electron chi connectivity index (χ4n) is 4.43. The third-order valence-electron chi connectivity index (χ3n) is 5.57. The molecule has 6 rings (SSSR count). The van der Waals surface area contributed by atoms with Gasteiger partial charge in [-0.05, 0) is 67.1 Å². The van der Waals surface area contributed by atoms with E-state index in [0.29, 0.717) is 0 Å². The maximum Gasteiger partial charge on any atom is -0.00201 e. The van der Waals surface area contributed by atoms with Crippen molar-refractivity contribution in [2.45, 2.75) is 0 Å². The third-order valence-corrected chi connectivity index (χ3v) is 5.57. The average Bonchev–Trinajstić information content (AvgIpc) is 3.04. The molecule has 1 aliphatic rings. The molecule has 0 radical (unpaired) electrons. The van der Waals surface area contributed by atoms with E-state index in [1.165, 1.54) is 54.9 Å². The Balaban J connectivity index is 1.75. The van der Waals surface area contributed by atoms with Gasteiger partial charge in [0.2, 0.25) is 0 Å². The number of hydrogen-bond donors (Lipinski definition) is 0. The second-order valence-corrected chi connectivity index (χ2v) is 7.00. The molecule has 0 spiro atoms. The molecule has 0 bridgehead atoms. The smallest absolute Gasteiger partial charge is 0.00201 e. The Morgan fingerprint density at radius 3 is 2.15 bits per heavy atom. The second-order valence-electron chi connectivity index (χ2n) is 7.00. The molecule has 0 aliphatic heterocycles. The Morgan fingerprint density at radius 1 is 0.423 bits per heavy atom. The summed E-state index contributed by atoms with van der Waals surface area (Å²) in [5, 5.41) is 5.35. The summed E-state index contributed by atoms with van der Waals surface area (Å²) < 4.78 is 0. The van der Waals surface area contributed by atoms with Gasteiger partial charge in [-0.15, -0.1) is 0 Å². The topological polar surface area (TPSA) is 0 Å². The highest BCUT2D eigenvalue weighted by Gasteiger charge is 2.23. The van der Waals surface area contributed by atoms with E-state index in [2.05, 4.69) is 97.1 Å². The summed E-state index contributed by atoms with van der Waals surface area (Å²) in [6.45, 7) is 0. The number of benzene rings is 5. The zero-order valence-electron chi connectivity index (χ0n) is 14.2. The van der Waals surface area contributed by atoms with Gasteiger partial charge in [0, 0.05) is 0 Å². The Hall–Kier alpha value is -3.38. The van der Waals surface area contributed by atoms with Gasteiger partial charge in [0.05, 0.1) is 0 Å². The van der Waals surface area contributed by atoms with E-state index in [1.54, 1.807) is 0 Å². The standard InChI is InChI=1S/C26H16/c1-2-7-17(8-3-1)20-15-19-10-6-12-23-25(19)24(16-20)22-14-13-18-9-4-5-11-21(18)26(22)23/h1-16H. The van der Waals surface area contributed by atoms with Crippen LogP contribution >= 0.6 is 0 Å². The minimum absolute atomic E-state index is 1.27. The van der Waals surface area contributed by atoms with Crippen LogP contribution in [-0.2, 0) is 0 Å². The van der Waals surface area contributed by atoms with Gasteiger partial charge in [-0.3, -0.25) is 0 Å². The van der Waals surface area contributed by atoms with E-state index in [4.69, 9.17) is 0 Å². The molecule has 1 aliphatic carbocycles. The highest BCUT2D eigenvalue weighted by molar-refractivity contribution is 6.21. The molecule has 0 amide bonds. The summed E-state index contributed by atoms with van der Waals surface area (Å²) in [6, 6.07) is 35.3. The Labute approximate surface area is 152 Å². The van der Waals surface area contributed by atoms with Gasteiger partial charge < -0.3 is 0 Å². The van der Waals surface area contributed by atoms with Crippen molar-refractivity contribution in [2.24, 2.45) is 0 Å². The molecular formula is C26H16. The monoisotopic (exact) mass is 328 g/mol. The molecule has 0 unspecified atom stereocenters. The number of fused-ring (bicyclic) bond motifs is 5. The first-order chi connectivity index (χ1) is 12.9. The van der Waals surface area contributed by atoms with Crippen molar-refractivity contribution in [2.75, 3.05) is 0 Å². The van der Waals surface area contributed by atoms with E-state index >= 15 is 0 Å². The molecule has 26 heavy (non-hydrogen) atoms. The molecule has 0 nitrogen and oxygen atoms in total. The van der Waals surface area contributed by atoms with E-state index in [-0.39, 0.29) is 0 Å². The lowest BCUT2D eigenvalue weighted by Gasteiger charge is -2.08. The van der Waals surface area contributed by atoms with Crippen molar-refractivity contribution in [1.29, 1.82) is 0 Å². The van der Waals surface area contributed by atoms with Gasteiger partial charge in [-0.25, -0.2) is 0 Å². The van der Waals surface area contributed by atoms with Gasteiger partial charge in [-0.1, -0.05) is 84.9 Å². The average molecular weight is 328 g/mol. The maximum absolute atomic E-state index is 2.36. The molecule has 0 atom stereocenters. The minimum atomic E-state index is 1.27. The summed E-state index contributed by atoms with van der Waals surface area (Å²) in [5.41, 5.74) is 8.01. The zero-order chi connectivity index (χ0) is 17.1. The van der Waals surface area contributed by atoms with E-state index in [1.807, 2.05) is 0 Å². The largest absolute Gasteiger partial charge is 0.0622 e. The first kappa shape index (κ1) is 13.9. The van der Waals surface area contributed by atoms with Crippen LogP contribution in [0.25, 0.3) is 54.9 Å². The van der Waals surface area contributed by atoms with Gasteiger partial charge in [0.15, 0.2) is 0 Å². The highest BCUT2D eigenvalue weighted by atomic mass is 14.3. The summed E-state index contributed by atoms with van der Waals surface area (Å²) in [7, 11) is 0. The third kappa shape index (κ3) is 1.79. The lowest BCUT2D eigenvalue weighted by molar-refractivity contribution is 1.65. The molecule has 5 aromatic carbocycles. The second kappa shape index (κ2) is 5.06. The van der Waals surface area contributed by atoms with Crippen molar-refractivity contribution in [3.05, 3.63) is 97.1 Å². The van der Waals surface area contributed by atoms with Gasteiger partial charge >= 0.3 is 0 Å². The molecule has 0 N–H and O–H groups in total. The van der Waals surface area contributed by atoms with Crippen LogP contribution in [0, 0.1) is 0 Å². The Morgan fingerprint density at radius 2 is 1.23 bits per heavy atom. The van der Waals surface area contributed by atoms with E-state index in [0.717, 1.165) is 0 Å². The molecule has 0 saturated heterocycles. The fraction of sp³-hybridized carbons (Fsp3) is 0. The molecule has 0 fully saturated rings. The number of rotatable bonds is 1. The Bertz CT molecular complexity index is 1310. The van der Waals surface area contributed by atoms with Crippen LogP contribution in [0.2, 0.25) is 0 Å². The lowest BCUT2D eigenvalue weighted by atomic mass is 9.96. The quantitative estimate of drug-likeness (QED) is 0.297.